The summed E-state index contributed by atoms with van der Waals surface area (Å²) in [4.78, 5) is 10.7. The van der Waals surface area contributed by atoms with Crippen LogP contribution in [-0.2, 0) is 17.1 Å². The zero-order valence-electron chi connectivity index (χ0n) is 9.81. The molecule has 110 valence electrons. The molecule has 0 heterocycles. The van der Waals surface area contributed by atoms with Crippen molar-refractivity contribution in [3.63, 3.8) is 0 Å². The number of halogens is 6. The molecule has 1 aliphatic carbocycles. The molecule has 0 radical (unpaired) electrons. The SMILES string of the molecule is O=C1CC(Oc2cc(C(F)(F)F)cc(C(F)(F)F)c2)C1. The van der Waals surface area contributed by atoms with Crippen molar-refractivity contribution >= 4 is 5.78 Å². The fraction of sp³-hybridized carbons (Fsp3) is 0.417. The van der Waals surface area contributed by atoms with Gasteiger partial charge in [-0.05, 0) is 18.2 Å². The molecule has 0 unspecified atom stereocenters. The largest absolute Gasteiger partial charge is 0.489 e. The van der Waals surface area contributed by atoms with Crippen LogP contribution in [0.2, 0.25) is 0 Å². The lowest BCUT2D eigenvalue weighted by Crippen LogP contribution is -2.33. The lowest BCUT2D eigenvalue weighted by Gasteiger charge is -2.26. The van der Waals surface area contributed by atoms with E-state index in [1.54, 1.807) is 0 Å². The van der Waals surface area contributed by atoms with Gasteiger partial charge in [0.25, 0.3) is 0 Å². The predicted molar refractivity (Wildman–Crippen MR) is 55.1 cm³/mol. The Bertz CT molecular complexity index is 491. The van der Waals surface area contributed by atoms with Crippen molar-refractivity contribution in [1.82, 2.24) is 0 Å². The van der Waals surface area contributed by atoms with Crippen molar-refractivity contribution in [3.05, 3.63) is 29.3 Å². The van der Waals surface area contributed by atoms with Crippen LogP contribution in [-0.4, -0.2) is 11.9 Å². The van der Waals surface area contributed by atoms with Crippen molar-refractivity contribution < 1.29 is 35.9 Å². The summed E-state index contributed by atoms with van der Waals surface area (Å²) in [7, 11) is 0. The van der Waals surface area contributed by atoms with Crippen LogP contribution in [0.4, 0.5) is 26.3 Å². The van der Waals surface area contributed by atoms with Crippen LogP contribution in [0.3, 0.4) is 0 Å². The number of rotatable bonds is 2. The molecule has 1 saturated carbocycles. The van der Waals surface area contributed by atoms with Crippen LogP contribution in [0, 0.1) is 0 Å². The Labute approximate surface area is 109 Å². The minimum absolute atomic E-state index is 0.00238. The van der Waals surface area contributed by atoms with Crippen LogP contribution in [0.1, 0.15) is 24.0 Å². The summed E-state index contributed by atoms with van der Waals surface area (Å²) < 4.78 is 80.3. The standard InChI is InChI=1S/C12H8F6O2/c13-11(14,15)6-1-7(12(16,17)18)3-9(2-6)20-10-4-8(19)5-10/h1-3,10H,4-5H2. The van der Waals surface area contributed by atoms with Gasteiger partial charge in [0.2, 0.25) is 0 Å². The molecule has 0 aliphatic heterocycles. The van der Waals surface area contributed by atoms with Gasteiger partial charge in [0.15, 0.2) is 0 Å². The first-order valence-electron chi connectivity index (χ1n) is 5.53. The van der Waals surface area contributed by atoms with Gasteiger partial charge < -0.3 is 4.74 Å². The zero-order chi connectivity index (χ0) is 15.1. The molecule has 20 heavy (non-hydrogen) atoms. The number of ketones is 1. The highest BCUT2D eigenvalue weighted by Crippen LogP contribution is 2.38. The second kappa shape index (κ2) is 4.68. The summed E-state index contributed by atoms with van der Waals surface area (Å²) in [5.74, 6) is -0.678. The maximum absolute atomic E-state index is 12.6. The summed E-state index contributed by atoms with van der Waals surface area (Å²) in [6, 6.07) is 1.02. The van der Waals surface area contributed by atoms with Crippen LogP contribution in [0.25, 0.3) is 0 Å². The molecule has 1 aliphatic rings. The number of hydrogen-bond acceptors (Lipinski definition) is 2. The Kier molecular flexibility index (Phi) is 3.43. The topological polar surface area (TPSA) is 26.3 Å². The number of benzene rings is 1. The second-order valence-corrected chi connectivity index (χ2v) is 4.43. The van der Waals surface area contributed by atoms with Gasteiger partial charge in [-0.15, -0.1) is 0 Å². The lowest BCUT2D eigenvalue weighted by molar-refractivity contribution is -0.143. The Morgan fingerprint density at radius 1 is 0.900 bits per heavy atom. The van der Waals surface area contributed by atoms with Gasteiger partial charge in [-0.3, -0.25) is 4.79 Å². The smallest absolute Gasteiger partial charge is 0.416 e. The first-order valence-corrected chi connectivity index (χ1v) is 5.53. The van der Waals surface area contributed by atoms with E-state index >= 15 is 0 Å². The van der Waals surface area contributed by atoms with Crippen molar-refractivity contribution in [1.29, 1.82) is 0 Å². The molecule has 0 saturated heterocycles. The van der Waals surface area contributed by atoms with E-state index in [-0.39, 0.29) is 24.7 Å². The number of ether oxygens (including phenoxy) is 1. The van der Waals surface area contributed by atoms with Gasteiger partial charge in [-0.25, -0.2) is 0 Å². The van der Waals surface area contributed by atoms with Crippen LogP contribution >= 0.6 is 0 Å². The molecule has 0 aromatic heterocycles. The molecule has 8 heteroatoms. The fourth-order valence-corrected chi connectivity index (χ4v) is 1.72. The van der Waals surface area contributed by atoms with Gasteiger partial charge in [-0.2, -0.15) is 26.3 Å². The van der Waals surface area contributed by atoms with Gasteiger partial charge in [0.1, 0.15) is 17.6 Å². The summed E-state index contributed by atoms with van der Waals surface area (Å²) in [5, 5.41) is 0. The van der Waals surface area contributed by atoms with Crippen molar-refractivity contribution in [2.45, 2.75) is 31.3 Å². The van der Waals surface area contributed by atoms with Gasteiger partial charge >= 0.3 is 12.4 Å². The van der Waals surface area contributed by atoms with E-state index in [4.69, 9.17) is 4.74 Å². The van der Waals surface area contributed by atoms with Crippen molar-refractivity contribution in [3.8, 4) is 5.75 Å². The average Bonchev–Trinajstić information content (AvgIpc) is 2.24. The molecular formula is C12H8F6O2. The van der Waals surface area contributed by atoms with Crippen molar-refractivity contribution in [2.75, 3.05) is 0 Å². The van der Waals surface area contributed by atoms with Gasteiger partial charge in [-0.1, -0.05) is 0 Å². The van der Waals surface area contributed by atoms with Crippen LogP contribution in [0.5, 0.6) is 5.75 Å². The van der Waals surface area contributed by atoms with E-state index < -0.39 is 35.3 Å². The van der Waals surface area contributed by atoms with Gasteiger partial charge in [0.05, 0.1) is 11.1 Å². The third-order valence-electron chi connectivity index (χ3n) is 2.77. The highest BCUT2D eigenvalue weighted by molar-refractivity contribution is 5.85. The Hall–Kier alpha value is -1.73. The molecule has 0 atom stereocenters. The van der Waals surface area contributed by atoms with E-state index in [0.29, 0.717) is 12.1 Å². The molecule has 1 aromatic rings. The molecule has 2 nitrogen and oxygen atoms in total. The monoisotopic (exact) mass is 298 g/mol. The fourth-order valence-electron chi connectivity index (χ4n) is 1.72. The minimum Gasteiger partial charge on any atom is -0.489 e. The molecule has 2 rings (SSSR count). The number of hydrogen-bond donors (Lipinski definition) is 0. The number of carbonyl (C=O) groups excluding carboxylic acids is 1. The highest BCUT2D eigenvalue weighted by Gasteiger charge is 2.38. The van der Waals surface area contributed by atoms with E-state index in [2.05, 4.69) is 0 Å². The first-order chi connectivity index (χ1) is 9.05. The summed E-state index contributed by atoms with van der Waals surface area (Å²) in [6.07, 6.45) is -10.5. The second-order valence-electron chi connectivity index (χ2n) is 4.43. The quantitative estimate of drug-likeness (QED) is 0.776. The summed E-state index contributed by atoms with van der Waals surface area (Å²) in [5.41, 5.74) is -2.87. The Morgan fingerprint density at radius 2 is 1.35 bits per heavy atom. The average molecular weight is 298 g/mol. The molecular weight excluding hydrogens is 290 g/mol. The van der Waals surface area contributed by atoms with Crippen molar-refractivity contribution in [2.24, 2.45) is 0 Å². The molecule has 1 aromatic carbocycles. The molecule has 0 N–H and O–H groups in total. The van der Waals surface area contributed by atoms with Crippen LogP contribution in [0.15, 0.2) is 18.2 Å². The number of alkyl halides is 6. The van der Waals surface area contributed by atoms with Crippen LogP contribution < -0.4 is 4.74 Å². The summed E-state index contributed by atoms with van der Waals surface area (Å²) >= 11 is 0. The zero-order valence-corrected chi connectivity index (χ0v) is 9.81. The maximum Gasteiger partial charge on any atom is 0.416 e. The Morgan fingerprint density at radius 3 is 1.70 bits per heavy atom. The van der Waals surface area contributed by atoms with E-state index in [9.17, 15) is 31.1 Å². The number of carbonyl (C=O) groups is 1. The molecule has 0 spiro atoms. The normalized spacial score (nSPS) is 17.0. The van der Waals surface area contributed by atoms with E-state index in [0.717, 1.165) is 0 Å². The third kappa shape index (κ3) is 3.23. The van der Waals surface area contributed by atoms with Gasteiger partial charge in [0, 0.05) is 12.8 Å². The Balaban J connectivity index is 2.33. The maximum atomic E-state index is 12.6. The minimum atomic E-state index is -4.91. The first kappa shape index (κ1) is 14.7. The number of Topliss-reactive ketones (excluding diaryl/α,β-unsaturated/α-hetero) is 1. The molecule has 0 amide bonds. The molecule has 0 bridgehead atoms. The highest BCUT2D eigenvalue weighted by atomic mass is 19.4. The lowest BCUT2D eigenvalue weighted by atomic mass is 9.94. The van der Waals surface area contributed by atoms with E-state index in [1.807, 2.05) is 0 Å². The summed E-state index contributed by atoms with van der Waals surface area (Å²) in [6.45, 7) is 0. The molecule has 1 fully saturated rings. The predicted octanol–water partition coefficient (Wildman–Crippen LogP) is 3.83. The van der Waals surface area contributed by atoms with E-state index in [1.165, 1.54) is 0 Å². The third-order valence-corrected chi connectivity index (χ3v) is 2.77.